The monoisotopic (exact) mass is 371 g/mol. The molecular weight excluding hydrogens is 342 g/mol. The van der Waals surface area contributed by atoms with Crippen LogP contribution in [0.5, 0.6) is 0 Å². The molecule has 8 nitrogen and oxygen atoms in total. The second-order valence-electron chi connectivity index (χ2n) is 8.00. The maximum Gasteiger partial charge on any atom is 0.239 e. The van der Waals surface area contributed by atoms with Gasteiger partial charge >= 0.3 is 0 Å². The fourth-order valence-electron chi connectivity index (χ4n) is 4.27. The zero-order valence-electron chi connectivity index (χ0n) is 16.5. The van der Waals surface area contributed by atoms with Gasteiger partial charge in [0.2, 0.25) is 5.91 Å². The number of hydrogen-bond acceptors (Lipinski definition) is 6. The summed E-state index contributed by atoms with van der Waals surface area (Å²) in [6.45, 7) is 2.74. The van der Waals surface area contributed by atoms with Gasteiger partial charge < -0.3 is 9.80 Å². The van der Waals surface area contributed by atoms with Gasteiger partial charge in [-0.1, -0.05) is 0 Å². The number of carbonyl (C=O) groups is 1. The standard InChI is InChI=1S/C19H29N7O/c1-23(2)17-8-7-16-20-21-18(26(16)22-17)14-9-12-25(13-10-14)15-6-4-5-11-24(3)19(15)27/h7-8,14-15H,4-6,9-13H2,1-3H3. The fourth-order valence-corrected chi connectivity index (χ4v) is 4.27. The van der Waals surface area contributed by atoms with Crippen LogP contribution in [0, 0.1) is 0 Å². The van der Waals surface area contributed by atoms with E-state index in [9.17, 15) is 4.79 Å². The fraction of sp³-hybridized carbons (Fsp3) is 0.684. The molecule has 1 atom stereocenters. The van der Waals surface area contributed by atoms with Crippen LogP contribution < -0.4 is 4.90 Å². The third-order valence-electron chi connectivity index (χ3n) is 5.95. The Labute approximate surface area is 160 Å². The minimum Gasteiger partial charge on any atom is -0.361 e. The number of fused-ring (bicyclic) bond motifs is 1. The zero-order valence-corrected chi connectivity index (χ0v) is 16.5. The van der Waals surface area contributed by atoms with Crippen molar-refractivity contribution < 1.29 is 4.79 Å². The summed E-state index contributed by atoms with van der Waals surface area (Å²) in [4.78, 5) is 18.9. The van der Waals surface area contributed by atoms with Crippen LogP contribution >= 0.6 is 0 Å². The van der Waals surface area contributed by atoms with E-state index in [1.165, 1.54) is 0 Å². The predicted molar refractivity (Wildman–Crippen MR) is 104 cm³/mol. The van der Waals surface area contributed by atoms with Crippen molar-refractivity contribution in [2.45, 2.75) is 44.1 Å². The van der Waals surface area contributed by atoms with Gasteiger partial charge in [-0.05, 0) is 57.3 Å². The first-order chi connectivity index (χ1) is 13.0. The lowest BCUT2D eigenvalue weighted by atomic mass is 9.94. The normalized spacial score (nSPS) is 23.0. The first-order valence-electron chi connectivity index (χ1n) is 9.93. The van der Waals surface area contributed by atoms with Gasteiger partial charge in [-0.3, -0.25) is 9.69 Å². The molecule has 27 heavy (non-hydrogen) atoms. The van der Waals surface area contributed by atoms with Crippen LogP contribution in [-0.2, 0) is 4.79 Å². The first-order valence-corrected chi connectivity index (χ1v) is 9.93. The van der Waals surface area contributed by atoms with Crippen molar-refractivity contribution in [2.75, 3.05) is 45.7 Å². The lowest BCUT2D eigenvalue weighted by Crippen LogP contribution is -2.49. The van der Waals surface area contributed by atoms with E-state index in [1.54, 1.807) is 0 Å². The number of rotatable bonds is 3. The van der Waals surface area contributed by atoms with Crippen molar-refractivity contribution in [3.05, 3.63) is 18.0 Å². The SMILES string of the molecule is CN1CCCCC(N2CCC(c3nnc4ccc(N(C)C)nn34)CC2)C1=O. The van der Waals surface area contributed by atoms with Crippen molar-refractivity contribution >= 4 is 17.4 Å². The Morgan fingerprint density at radius 1 is 1.04 bits per heavy atom. The molecule has 2 aliphatic heterocycles. The molecule has 4 rings (SSSR count). The maximum atomic E-state index is 12.7. The molecule has 0 bridgehead atoms. The molecule has 2 aromatic heterocycles. The van der Waals surface area contributed by atoms with Gasteiger partial charge in [-0.25, -0.2) is 0 Å². The number of amides is 1. The molecule has 0 radical (unpaired) electrons. The number of piperidine rings is 1. The van der Waals surface area contributed by atoms with Crippen LogP contribution in [0.1, 0.15) is 43.8 Å². The number of likely N-dealkylation sites (N-methyl/N-ethyl adjacent to an activating group) is 1. The Morgan fingerprint density at radius 3 is 2.56 bits per heavy atom. The van der Waals surface area contributed by atoms with E-state index < -0.39 is 0 Å². The molecule has 2 aliphatic rings. The lowest BCUT2D eigenvalue weighted by Gasteiger charge is -2.36. The highest BCUT2D eigenvalue weighted by Crippen LogP contribution is 2.29. The van der Waals surface area contributed by atoms with Gasteiger partial charge in [-0.15, -0.1) is 15.3 Å². The Bertz CT molecular complexity index is 809. The smallest absolute Gasteiger partial charge is 0.239 e. The molecule has 0 spiro atoms. The summed E-state index contributed by atoms with van der Waals surface area (Å²) < 4.78 is 1.89. The third-order valence-corrected chi connectivity index (χ3v) is 5.95. The average Bonchev–Trinajstić information content (AvgIpc) is 3.03. The Hall–Kier alpha value is -2.22. The number of aromatic nitrogens is 4. The van der Waals surface area contributed by atoms with E-state index in [-0.39, 0.29) is 11.9 Å². The Morgan fingerprint density at radius 2 is 1.81 bits per heavy atom. The van der Waals surface area contributed by atoms with Crippen molar-refractivity contribution in [1.82, 2.24) is 29.6 Å². The molecule has 0 saturated carbocycles. The highest BCUT2D eigenvalue weighted by atomic mass is 16.2. The minimum absolute atomic E-state index is 0.0482. The van der Waals surface area contributed by atoms with Gasteiger partial charge in [0.15, 0.2) is 11.5 Å². The topological polar surface area (TPSA) is 69.9 Å². The molecule has 2 saturated heterocycles. The molecule has 0 N–H and O–H groups in total. The molecule has 1 unspecified atom stereocenters. The molecule has 2 fully saturated rings. The van der Waals surface area contributed by atoms with Crippen LogP contribution in [0.2, 0.25) is 0 Å². The summed E-state index contributed by atoms with van der Waals surface area (Å²) in [5.74, 6) is 2.46. The van der Waals surface area contributed by atoms with Crippen molar-refractivity contribution in [3.63, 3.8) is 0 Å². The van der Waals surface area contributed by atoms with E-state index in [1.807, 2.05) is 47.6 Å². The average molecular weight is 371 g/mol. The molecule has 8 heteroatoms. The van der Waals surface area contributed by atoms with E-state index >= 15 is 0 Å². The Kier molecular flexibility index (Phi) is 4.99. The quantitative estimate of drug-likeness (QED) is 0.812. The lowest BCUT2D eigenvalue weighted by molar-refractivity contribution is -0.135. The summed E-state index contributed by atoms with van der Waals surface area (Å²) in [6, 6.07) is 3.98. The van der Waals surface area contributed by atoms with E-state index in [0.29, 0.717) is 5.92 Å². The van der Waals surface area contributed by atoms with Crippen LogP contribution in [-0.4, -0.2) is 82.3 Å². The molecule has 0 aromatic carbocycles. The summed E-state index contributed by atoms with van der Waals surface area (Å²) in [5, 5.41) is 13.4. The van der Waals surface area contributed by atoms with Crippen LogP contribution in [0.15, 0.2) is 12.1 Å². The second kappa shape index (κ2) is 7.42. The molecule has 0 aliphatic carbocycles. The predicted octanol–water partition coefficient (Wildman–Crippen LogP) is 1.38. The van der Waals surface area contributed by atoms with Gasteiger partial charge in [0.05, 0.1) is 6.04 Å². The van der Waals surface area contributed by atoms with Crippen LogP contribution in [0.4, 0.5) is 5.82 Å². The molecular formula is C19H29N7O. The summed E-state index contributed by atoms with van der Waals surface area (Å²) in [7, 11) is 5.90. The molecule has 1 amide bonds. The van der Waals surface area contributed by atoms with Crippen LogP contribution in [0.3, 0.4) is 0 Å². The second-order valence-corrected chi connectivity index (χ2v) is 8.00. The summed E-state index contributed by atoms with van der Waals surface area (Å²) >= 11 is 0. The van der Waals surface area contributed by atoms with E-state index in [2.05, 4.69) is 15.1 Å². The largest absolute Gasteiger partial charge is 0.361 e. The molecule has 4 heterocycles. The van der Waals surface area contributed by atoms with Gasteiger partial charge in [0.1, 0.15) is 5.82 Å². The number of anilines is 1. The summed E-state index contributed by atoms with van der Waals surface area (Å²) in [5.41, 5.74) is 0.790. The Balaban J connectivity index is 1.48. The summed E-state index contributed by atoms with van der Waals surface area (Å²) in [6.07, 6.45) is 5.20. The number of likely N-dealkylation sites (tertiary alicyclic amines) is 2. The van der Waals surface area contributed by atoms with Gasteiger partial charge in [0, 0.05) is 33.6 Å². The molecule has 146 valence electrons. The highest BCUT2D eigenvalue weighted by Gasteiger charge is 2.34. The third kappa shape index (κ3) is 3.50. The van der Waals surface area contributed by atoms with Gasteiger partial charge in [0.25, 0.3) is 0 Å². The molecule has 2 aromatic rings. The number of carbonyl (C=O) groups excluding carboxylic acids is 1. The van der Waals surface area contributed by atoms with Crippen molar-refractivity contribution in [2.24, 2.45) is 0 Å². The van der Waals surface area contributed by atoms with Gasteiger partial charge in [-0.2, -0.15) is 4.52 Å². The number of nitrogens with zero attached hydrogens (tertiary/aromatic N) is 7. The number of hydrogen-bond donors (Lipinski definition) is 0. The first kappa shape index (κ1) is 18.2. The maximum absolute atomic E-state index is 12.7. The van der Waals surface area contributed by atoms with Crippen LogP contribution in [0.25, 0.3) is 5.65 Å². The van der Waals surface area contributed by atoms with Crippen molar-refractivity contribution in [1.29, 1.82) is 0 Å². The van der Waals surface area contributed by atoms with Crippen molar-refractivity contribution in [3.8, 4) is 0 Å². The minimum atomic E-state index is 0.0482. The van der Waals surface area contributed by atoms with E-state index in [4.69, 9.17) is 5.10 Å². The highest BCUT2D eigenvalue weighted by molar-refractivity contribution is 5.81. The van der Waals surface area contributed by atoms with E-state index in [0.717, 1.165) is 69.0 Å². The zero-order chi connectivity index (χ0) is 19.0.